The fourth-order valence-electron chi connectivity index (χ4n) is 5.83. The van der Waals surface area contributed by atoms with Gasteiger partial charge in [-0.25, -0.2) is 10.1 Å². The summed E-state index contributed by atoms with van der Waals surface area (Å²) < 4.78 is 0. The highest BCUT2D eigenvalue weighted by Gasteiger charge is 2.28. The van der Waals surface area contributed by atoms with E-state index in [-0.39, 0.29) is 5.70 Å². The van der Waals surface area contributed by atoms with Crippen molar-refractivity contribution >= 4 is 0 Å². The Morgan fingerprint density at radius 2 is 1.55 bits per heavy atom. The van der Waals surface area contributed by atoms with Crippen molar-refractivity contribution in [1.29, 1.82) is 5.26 Å². The van der Waals surface area contributed by atoms with Crippen molar-refractivity contribution in [3.05, 3.63) is 93.2 Å². The molecule has 0 N–H and O–H groups in total. The highest BCUT2D eigenvalue weighted by Crippen LogP contribution is 2.26. The minimum absolute atomic E-state index is 0.194. The maximum atomic E-state index is 9.73. The first-order valence-corrected chi connectivity index (χ1v) is 14.1. The normalized spacial score (nSPS) is 17.5. The van der Waals surface area contributed by atoms with Crippen LogP contribution in [0.15, 0.2) is 54.0 Å². The Morgan fingerprint density at radius 1 is 0.895 bits per heavy atom. The molecular formula is C32H42N6. The first-order valence-electron chi connectivity index (χ1n) is 14.1. The van der Waals surface area contributed by atoms with Gasteiger partial charge in [0.2, 0.25) is 0 Å². The maximum absolute atomic E-state index is 9.73. The summed E-state index contributed by atoms with van der Waals surface area (Å²) in [5.74, 6) is 0.791. The number of rotatable bonds is 10. The van der Waals surface area contributed by atoms with Gasteiger partial charge in [0, 0.05) is 45.8 Å². The number of piperidine rings is 1. The third-order valence-electron chi connectivity index (χ3n) is 7.74. The van der Waals surface area contributed by atoms with E-state index in [1.807, 2.05) is 0 Å². The summed E-state index contributed by atoms with van der Waals surface area (Å²) in [4.78, 5) is 13.1. The van der Waals surface area contributed by atoms with Gasteiger partial charge in [0.25, 0.3) is 0 Å². The molecule has 0 saturated carbocycles. The van der Waals surface area contributed by atoms with Gasteiger partial charge in [0.05, 0.1) is 12.6 Å². The molecule has 2 aliphatic rings. The molecule has 0 aromatic heterocycles. The number of likely N-dealkylation sites (N-methyl/N-ethyl adjacent to an activating group) is 1. The van der Waals surface area contributed by atoms with Gasteiger partial charge in [-0.2, -0.15) is 0 Å². The van der Waals surface area contributed by atoms with Crippen molar-refractivity contribution in [2.45, 2.75) is 59.7 Å². The molecule has 2 aliphatic heterocycles. The molecule has 2 fully saturated rings. The Morgan fingerprint density at radius 3 is 2.18 bits per heavy atom. The van der Waals surface area contributed by atoms with E-state index in [1.54, 1.807) is 0 Å². The predicted octanol–water partition coefficient (Wildman–Crippen LogP) is 5.54. The summed E-state index contributed by atoms with van der Waals surface area (Å²) in [6.45, 7) is 23.5. The SMILES string of the molecule is [C-]#[N+]C(C#N)=C1N(CCN(CC)Cc2ccc(CN3CCCCC3)cc2)CCN1Cc1cc(C)cc(C)c1. The predicted molar refractivity (Wildman–Crippen MR) is 154 cm³/mol. The summed E-state index contributed by atoms with van der Waals surface area (Å²) in [5.41, 5.74) is 6.64. The number of benzene rings is 2. The van der Waals surface area contributed by atoms with Crippen molar-refractivity contribution in [2.24, 2.45) is 0 Å². The van der Waals surface area contributed by atoms with E-state index in [0.29, 0.717) is 0 Å². The molecule has 0 unspecified atom stereocenters. The van der Waals surface area contributed by atoms with Crippen LogP contribution in [0.25, 0.3) is 4.85 Å². The lowest BCUT2D eigenvalue weighted by Crippen LogP contribution is -2.34. The van der Waals surface area contributed by atoms with Crippen molar-refractivity contribution in [3.8, 4) is 6.07 Å². The second-order valence-electron chi connectivity index (χ2n) is 10.8. The van der Waals surface area contributed by atoms with E-state index in [1.165, 1.54) is 60.2 Å². The number of hydrogen-bond acceptors (Lipinski definition) is 5. The molecule has 0 aliphatic carbocycles. The van der Waals surface area contributed by atoms with E-state index < -0.39 is 0 Å². The number of hydrogen-bond donors (Lipinski definition) is 0. The summed E-state index contributed by atoms with van der Waals surface area (Å²) in [7, 11) is 0. The number of aryl methyl sites for hydroxylation is 2. The number of likely N-dealkylation sites (tertiary alicyclic amines) is 1. The zero-order valence-electron chi connectivity index (χ0n) is 23.4. The Hall–Kier alpha value is -3.32. The van der Waals surface area contributed by atoms with Crippen LogP contribution in [0, 0.1) is 31.8 Å². The Labute approximate surface area is 229 Å². The van der Waals surface area contributed by atoms with E-state index >= 15 is 0 Å². The van der Waals surface area contributed by atoms with Crippen LogP contribution in [0.4, 0.5) is 0 Å². The summed E-state index contributed by atoms with van der Waals surface area (Å²) in [6, 6.07) is 17.9. The Bertz CT molecular complexity index is 1140. The van der Waals surface area contributed by atoms with Crippen LogP contribution in [0.1, 0.15) is 54.0 Å². The van der Waals surface area contributed by atoms with E-state index in [9.17, 15) is 5.26 Å². The second-order valence-corrected chi connectivity index (χ2v) is 10.8. The minimum Gasteiger partial charge on any atom is -0.363 e. The first-order chi connectivity index (χ1) is 18.5. The highest BCUT2D eigenvalue weighted by atomic mass is 15.4. The molecule has 0 spiro atoms. The molecule has 6 nitrogen and oxygen atoms in total. The standard InChI is InChI=1S/C32H42N6/c1-5-35(23-28-9-11-29(12-10-28)24-36-13-7-6-8-14-36)15-16-37-17-18-38(32(37)31(22-33)34-4)25-30-20-26(2)19-27(3)21-30/h9-12,19-21H,5-8,13-18,23-25H2,1-3H3. The fraction of sp³-hybridized carbons (Fsp3) is 0.500. The maximum Gasteiger partial charge on any atom is 0.300 e. The number of nitriles is 1. The van der Waals surface area contributed by atoms with Gasteiger partial charge in [-0.05, 0) is 63.0 Å². The summed E-state index contributed by atoms with van der Waals surface area (Å²) in [5, 5.41) is 9.73. The summed E-state index contributed by atoms with van der Waals surface area (Å²) >= 11 is 0. The van der Waals surface area contributed by atoms with Crippen LogP contribution < -0.4 is 0 Å². The molecule has 4 rings (SSSR count). The molecule has 6 heteroatoms. The lowest BCUT2D eigenvalue weighted by atomic mass is 10.1. The third kappa shape index (κ3) is 7.38. The number of allylic oxidation sites excluding steroid dienone is 1. The van der Waals surface area contributed by atoms with Crippen molar-refractivity contribution in [1.82, 2.24) is 19.6 Å². The topological polar surface area (TPSA) is 41.1 Å². The van der Waals surface area contributed by atoms with Crippen molar-refractivity contribution < 1.29 is 0 Å². The van der Waals surface area contributed by atoms with Crippen LogP contribution in [-0.4, -0.2) is 65.4 Å². The molecule has 2 aromatic rings. The van der Waals surface area contributed by atoms with Crippen molar-refractivity contribution in [2.75, 3.05) is 45.8 Å². The molecule has 2 aromatic carbocycles. The lowest BCUT2D eigenvalue weighted by molar-refractivity contribution is 0.220. The van der Waals surface area contributed by atoms with E-state index in [2.05, 4.69) is 93.7 Å². The summed E-state index contributed by atoms with van der Waals surface area (Å²) in [6.07, 6.45) is 4.02. The van der Waals surface area contributed by atoms with Crippen LogP contribution >= 0.6 is 0 Å². The van der Waals surface area contributed by atoms with Gasteiger partial charge in [-0.1, -0.05) is 66.9 Å². The molecule has 2 saturated heterocycles. The molecule has 0 atom stereocenters. The molecule has 0 bridgehead atoms. The van der Waals surface area contributed by atoms with E-state index in [0.717, 1.165) is 58.2 Å². The monoisotopic (exact) mass is 510 g/mol. The molecule has 0 radical (unpaired) electrons. The van der Waals surface area contributed by atoms with Crippen LogP contribution in [0.3, 0.4) is 0 Å². The molecular weight excluding hydrogens is 468 g/mol. The molecule has 2 heterocycles. The zero-order chi connectivity index (χ0) is 26.9. The van der Waals surface area contributed by atoms with E-state index in [4.69, 9.17) is 6.57 Å². The highest BCUT2D eigenvalue weighted by molar-refractivity contribution is 5.35. The fourth-order valence-corrected chi connectivity index (χ4v) is 5.83. The average molecular weight is 511 g/mol. The van der Waals surface area contributed by atoms with Gasteiger partial charge >= 0.3 is 5.70 Å². The lowest BCUT2D eigenvalue weighted by Gasteiger charge is -2.29. The second kappa shape index (κ2) is 13.5. The average Bonchev–Trinajstić information content (AvgIpc) is 3.30. The molecule has 200 valence electrons. The molecule has 0 amide bonds. The van der Waals surface area contributed by atoms with Gasteiger partial charge in [0.15, 0.2) is 0 Å². The van der Waals surface area contributed by atoms with Gasteiger partial charge in [-0.3, -0.25) is 9.80 Å². The quantitative estimate of drug-likeness (QED) is 0.310. The van der Waals surface area contributed by atoms with Crippen molar-refractivity contribution in [3.63, 3.8) is 0 Å². The van der Waals surface area contributed by atoms with Crippen LogP contribution in [0.5, 0.6) is 0 Å². The van der Waals surface area contributed by atoms with Crippen LogP contribution in [-0.2, 0) is 19.6 Å². The largest absolute Gasteiger partial charge is 0.363 e. The van der Waals surface area contributed by atoms with Gasteiger partial charge in [-0.15, -0.1) is 0 Å². The zero-order valence-corrected chi connectivity index (χ0v) is 23.4. The smallest absolute Gasteiger partial charge is 0.300 e. The number of nitrogens with zero attached hydrogens (tertiary/aromatic N) is 6. The van der Waals surface area contributed by atoms with Gasteiger partial charge in [0.1, 0.15) is 5.82 Å². The minimum atomic E-state index is 0.194. The molecule has 38 heavy (non-hydrogen) atoms. The third-order valence-corrected chi connectivity index (χ3v) is 7.74. The Kier molecular flexibility index (Phi) is 9.82. The first kappa shape index (κ1) is 27.7. The Balaban J connectivity index is 1.37. The van der Waals surface area contributed by atoms with Crippen LogP contribution in [0.2, 0.25) is 0 Å². The van der Waals surface area contributed by atoms with Gasteiger partial charge < -0.3 is 9.80 Å².